The summed E-state index contributed by atoms with van der Waals surface area (Å²) in [5.74, 6) is -1.19. The fourth-order valence-electron chi connectivity index (χ4n) is 4.02. The van der Waals surface area contributed by atoms with Gasteiger partial charge in [0.05, 0.1) is 24.1 Å². The molecule has 0 unspecified atom stereocenters. The fraction of sp³-hybridized carbons (Fsp3) is 0.783. The van der Waals surface area contributed by atoms with E-state index in [0.29, 0.717) is 19.3 Å². The van der Waals surface area contributed by atoms with Crippen LogP contribution in [0.25, 0.3) is 0 Å². The molecule has 1 aliphatic heterocycles. The molecule has 2 atom stereocenters. The zero-order chi connectivity index (χ0) is 22.2. The first-order valence-electron chi connectivity index (χ1n) is 11.2. The Bertz CT molecular complexity index is 632. The van der Waals surface area contributed by atoms with E-state index in [0.717, 1.165) is 32.1 Å². The minimum Gasteiger partial charge on any atom is -0.463 e. The zero-order valence-corrected chi connectivity index (χ0v) is 18.7. The predicted octanol–water partition coefficient (Wildman–Crippen LogP) is 2.62. The number of hydrogen-bond acceptors (Lipinski definition) is 5. The van der Waals surface area contributed by atoms with Gasteiger partial charge in [-0.05, 0) is 37.5 Å². The average Bonchev–Trinajstić information content (AvgIpc) is 3.14. The molecule has 0 saturated heterocycles. The van der Waals surface area contributed by atoms with Crippen molar-refractivity contribution in [1.82, 2.24) is 10.6 Å². The number of aliphatic hydroxyl groups is 1. The van der Waals surface area contributed by atoms with Crippen LogP contribution in [-0.2, 0) is 19.1 Å². The minimum absolute atomic E-state index is 0.0641. The molecule has 170 valence electrons. The van der Waals surface area contributed by atoms with Crippen molar-refractivity contribution in [1.29, 1.82) is 0 Å². The van der Waals surface area contributed by atoms with Crippen LogP contribution >= 0.6 is 0 Å². The summed E-state index contributed by atoms with van der Waals surface area (Å²) in [6.45, 7) is 5.99. The third-order valence-corrected chi connectivity index (χ3v) is 6.18. The van der Waals surface area contributed by atoms with Crippen LogP contribution in [0.5, 0.6) is 0 Å². The predicted molar refractivity (Wildman–Crippen MR) is 114 cm³/mol. The second-order valence-electron chi connectivity index (χ2n) is 9.80. The lowest BCUT2D eigenvalue weighted by Gasteiger charge is -2.32. The van der Waals surface area contributed by atoms with Gasteiger partial charge in [0.15, 0.2) is 0 Å². The molecule has 2 aliphatic rings. The van der Waals surface area contributed by atoms with Gasteiger partial charge in [-0.1, -0.05) is 45.8 Å². The van der Waals surface area contributed by atoms with Gasteiger partial charge in [0.1, 0.15) is 6.61 Å². The Hall–Kier alpha value is -1.89. The maximum atomic E-state index is 13.1. The highest BCUT2D eigenvalue weighted by Crippen LogP contribution is 2.29. The van der Waals surface area contributed by atoms with Crippen molar-refractivity contribution in [2.45, 2.75) is 90.1 Å². The SMILES string of the molecule is CC(C)(C)[C@H]1COC(=O)CCCC=CC[C@H](CC(=O)NC2(CO)CCCC2)C(=O)N1. The maximum absolute atomic E-state index is 13.1. The van der Waals surface area contributed by atoms with E-state index in [-0.39, 0.29) is 48.9 Å². The third-order valence-electron chi connectivity index (χ3n) is 6.18. The molecule has 0 aromatic heterocycles. The van der Waals surface area contributed by atoms with E-state index in [1.54, 1.807) is 0 Å². The lowest BCUT2D eigenvalue weighted by molar-refractivity contribution is -0.146. The molecule has 1 heterocycles. The summed E-state index contributed by atoms with van der Waals surface area (Å²) in [7, 11) is 0. The van der Waals surface area contributed by atoms with Crippen molar-refractivity contribution in [2.75, 3.05) is 13.2 Å². The van der Waals surface area contributed by atoms with Gasteiger partial charge in [0.2, 0.25) is 11.8 Å². The Morgan fingerprint density at radius 2 is 1.93 bits per heavy atom. The van der Waals surface area contributed by atoms with E-state index >= 15 is 0 Å². The highest BCUT2D eigenvalue weighted by molar-refractivity contribution is 5.86. The Balaban J connectivity index is 2.10. The first-order valence-corrected chi connectivity index (χ1v) is 11.2. The van der Waals surface area contributed by atoms with Gasteiger partial charge in [-0.15, -0.1) is 0 Å². The molecule has 1 aliphatic carbocycles. The normalized spacial score (nSPS) is 26.0. The molecule has 3 N–H and O–H groups in total. The number of amides is 2. The molecule has 2 amide bonds. The van der Waals surface area contributed by atoms with Gasteiger partial charge in [0, 0.05) is 12.8 Å². The minimum atomic E-state index is -0.547. The molecular weight excluding hydrogens is 384 g/mol. The molecule has 0 bridgehead atoms. The van der Waals surface area contributed by atoms with Crippen LogP contribution < -0.4 is 10.6 Å². The molecule has 7 nitrogen and oxygen atoms in total. The number of esters is 1. The Morgan fingerprint density at radius 1 is 1.23 bits per heavy atom. The molecule has 1 saturated carbocycles. The van der Waals surface area contributed by atoms with Crippen molar-refractivity contribution >= 4 is 17.8 Å². The largest absolute Gasteiger partial charge is 0.463 e. The Kier molecular flexibility index (Phi) is 8.89. The van der Waals surface area contributed by atoms with Gasteiger partial charge in [-0.2, -0.15) is 0 Å². The summed E-state index contributed by atoms with van der Waals surface area (Å²) in [6.07, 6.45) is 9.68. The molecule has 7 heteroatoms. The quantitative estimate of drug-likeness (QED) is 0.477. The molecule has 1 fully saturated rings. The number of aliphatic hydroxyl groups excluding tert-OH is 1. The van der Waals surface area contributed by atoms with Crippen LogP contribution in [0.1, 0.15) is 78.6 Å². The molecular formula is C23H38N2O5. The van der Waals surface area contributed by atoms with Gasteiger partial charge in [0.25, 0.3) is 0 Å². The standard InChI is InChI=1S/C23H38N2O5/c1-22(2,3)18-15-30-20(28)11-7-5-4-6-10-17(21(29)24-18)14-19(27)25-23(16-26)12-8-9-13-23/h4,6,17-18,26H,5,7-16H2,1-3H3,(H,24,29)(H,25,27)/t17-,18-/m1/s1. The Morgan fingerprint density at radius 3 is 2.57 bits per heavy atom. The molecule has 0 spiro atoms. The van der Waals surface area contributed by atoms with Crippen molar-refractivity contribution in [3.8, 4) is 0 Å². The van der Waals surface area contributed by atoms with Crippen molar-refractivity contribution < 1.29 is 24.2 Å². The molecule has 0 radical (unpaired) electrons. The number of allylic oxidation sites excluding steroid dienone is 2. The molecule has 0 aromatic carbocycles. The van der Waals surface area contributed by atoms with Gasteiger partial charge >= 0.3 is 5.97 Å². The van der Waals surface area contributed by atoms with E-state index in [1.165, 1.54) is 0 Å². The maximum Gasteiger partial charge on any atom is 0.305 e. The van der Waals surface area contributed by atoms with E-state index in [4.69, 9.17) is 4.74 Å². The van der Waals surface area contributed by atoms with E-state index < -0.39 is 11.5 Å². The summed E-state index contributed by atoms with van der Waals surface area (Å²) in [5, 5.41) is 15.8. The second kappa shape index (κ2) is 10.9. The van der Waals surface area contributed by atoms with Gasteiger partial charge in [-0.3, -0.25) is 14.4 Å². The summed E-state index contributed by atoms with van der Waals surface area (Å²) in [6, 6.07) is -0.345. The van der Waals surface area contributed by atoms with E-state index in [1.807, 2.05) is 32.9 Å². The number of rotatable bonds is 4. The van der Waals surface area contributed by atoms with Crippen LogP contribution in [0.15, 0.2) is 12.2 Å². The van der Waals surface area contributed by atoms with Crippen LogP contribution in [-0.4, -0.2) is 47.7 Å². The molecule has 0 aromatic rings. The van der Waals surface area contributed by atoms with Gasteiger partial charge < -0.3 is 20.5 Å². The smallest absolute Gasteiger partial charge is 0.305 e. The third kappa shape index (κ3) is 7.42. The number of hydrogen-bond donors (Lipinski definition) is 3. The van der Waals surface area contributed by atoms with Crippen molar-refractivity contribution in [3.05, 3.63) is 12.2 Å². The van der Waals surface area contributed by atoms with E-state index in [9.17, 15) is 19.5 Å². The average molecular weight is 423 g/mol. The number of cyclic esters (lactones) is 1. The number of carbonyl (C=O) groups is 3. The number of nitrogens with one attached hydrogen (secondary N) is 2. The second-order valence-corrected chi connectivity index (χ2v) is 9.80. The van der Waals surface area contributed by atoms with Crippen molar-refractivity contribution in [2.24, 2.45) is 11.3 Å². The van der Waals surface area contributed by atoms with Crippen LogP contribution in [0.3, 0.4) is 0 Å². The highest BCUT2D eigenvalue weighted by Gasteiger charge is 2.36. The highest BCUT2D eigenvalue weighted by atomic mass is 16.5. The van der Waals surface area contributed by atoms with Crippen LogP contribution in [0.2, 0.25) is 0 Å². The Labute approximate surface area is 180 Å². The first-order chi connectivity index (χ1) is 14.1. The topological polar surface area (TPSA) is 105 Å². The zero-order valence-electron chi connectivity index (χ0n) is 18.7. The molecule has 2 rings (SSSR count). The van der Waals surface area contributed by atoms with Crippen LogP contribution in [0, 0.1) is 11.3 Å². The number of ether oxygens (including phenoxy) is 1. The summed E-state index contributed by atoms with van der Waals surface area (Å²) in [5.41, 5.74) is -0.849. The molecule has 30 heavy (non-hydrogen) atoms. The number of carbonyl (C=O) groups excluding carboxylic acids is 3. The summed E-state index contributed by atoms with van der Waals surface area (Å²) >= 11 is 0. The monoisotopic (exact) mass is 422 g/mol. The van der Waals surface area contributed by atoms with Gasteiger partial charge in [-0.25, -0.2) is 0 Å². The lowest BCUT2D eigenvalue weighted by atomic mass is 9.86. The van der Waals surface area contributed by atoms with Crippen molar-refractivity contribution in [3.63, 3.8) is 0 Å². The summed E-state index contributed by atoms with van der Waals surface area (Å²) < 4.78 is 5.39. The summed E-state index contributed by atoms with van der Waals surface area (Å²) in [4.78, 5) is 37.7. The lowest BCUT2D eigenvalue weighted by Crippen LogP contribution is -2.51. The van der Waals surface area contributed by atoms with E-state index in [2.05, 4.69) is 10.6 Å². The fourth-order valence-corrected chi connectivity index (χ4v) is 4.02. The first kappa shape index (κ1) is 24.4. The van der Waals surface area contributed by atoms with Crippen LogP contribution in [0.4, 0.5) is 0 Å².